The van der Waals surface area contributed by atoms with Gasteiger partial charge in [-0.3, -0.25) is 0 Å². The maximum absolute atomic E-state index is 4.98. The zero-order valence-corrected chi connectivity index (χ0v) is 21.2. The first kappa shape index (κ1) is 22.2. The molecule has 7 rings (SSSR count). The van der Waals surface area contributed by atoms with Gasteiger partial charge in [-0.05, 0) is 97.8 Å². The zero-order chi connectivity index (χ0) is 23.1. The van der Waals surface area contributed by atoms with E-state index in [1.165, 1.54) is 61.3 Å². The minimum Gasteiger partial charge on any atom is -0.325 e. The number of unbranched alkanes of at least 4 members (excludes halogenated alkanes) is 1. The number of tetrazole rings is 1. The molecule has 4 saturated carbocycles. The fraction of sp³-hybridized carbons (Fsp3) is 0.630. The number of nitrogens with one attached hydrogen (secondary N) is 1. The second-order valence-electron chi connectivity index (χ2n) is 11.0. The molecule has 0 radical (unpaired) electrons. The van der Waals surface area contributed by atoms with E-state index in [9.17, 15) is 0 Å². The van der Waals surface area contributed by atoms with Gasteiger partial charge in [0, 0.05) is 29.3 Å². The molecule has 4 aliphatic rings. The number of rotatable bonds is 9. The first-order valence-corrected chi connectivity index (χ1v) is 14.1. The standard InChI is InChI=1S/C27H36N6S/c1-3-4-7-25-28-16-23(14-22(27-29-31-32-30-27)15-24-6-5-8-34-24)33(25)17(2)26-20-10-18-9-19(12-20)13-21(26)11-18/h5-6,8,14,16-21,26H,3-4,7,9-13,15H2,1-2H3,(H,29,30,31,32)/b22-14+. The first-order valence-electron chi connectivity index (χ1n) is 13.2. The summed E-state index contributed by atoms with van der Waals surface area (Å²) in [4.78, 5) is 6.28. The van der Waals surface area contributed by atoms with E-state index in [1.54, 1.807) is 11.3 Å². The van der Waals surface area contributed by atoms with Gasteiger partial charge in [0.1, 0.15) is 5.82 Å². The molecule has 0 amide bonds. The molecule has 3 aromatic heterocycles. The van der Waals surface area contributed by atoms with Crippen molar-refractivity contribution < 1.29 is 0 Å². The summed E-state index contributed by atoms with van der Waals surface area (Å²) in [6.07, 6.45) is 15.9. The molecule has 4 fully saturated rings. The molecule has 1 N–H and O–H groups in total. The summed E-state index contributed by atoms with van der Waals surface area (Å²) in [5.74, 6) is 6.50. The minimum absolute atomic E-state index is 0.476. The maximum atomic E-state index is 4.98. The third-order valence-corrected chi connectivity index (χ3v) is 9.70. The highest BCUT2D eigenvalue weighted by atomic mass is 32.1. The van der Waals surface area contributed by atoms with Crippen molar-refractivity contribution in [1.82, 2.24) is 30.2 Å². The summed E-state index contributed by atoms with van der Waals surface area (Å²) in [7, 11) is 0. The Morgan fingerprint density at radius 2 is 2.00 bits per heavy atom. The highest BCUT2D eigenvalue weighted by Gasteiger charge is 2.50. The van der Waals surface area contributed by atoms with Crippen LogP contribution in [0.1, 0.15) is 87.1 Å². The Morgan fingerprint density at radius 1 is 1.21 bits per heavy atom. The van der Waals surface area contributed by atoms with Crippen molar-refractivity contribution in [3.05, 3.63) is 45.9 Å². The summed E-state index contributed by atoms with van der Waals surface area (Å²) >= 11 is 1.77. The van der Waals surface area contributed by atoms with Gasteiger partial charge in [-0.15, -0.1) is 21.5 Å². The van der Waals surface area contributed by atoms with Crippen LogP contribution in [-0.4, -0.2) is 30.2 Å². The average Bonchev–Trinajstić information content (AvgIpc) is 3.59. The molecular formula is C27H36N6S. The van der Waals surface area contributed by atoms with Crippen LogP contribution in [0.15, 0.2) is 23.7 Å². The molecule has 180 valence electrons. The number of imidazole rings is 1. The minimum atomic E-state index is 0.476. The number of H-pyrrole nitrogens is 1. The summed E-state index contributed by atoms with van der Waals surface area (Å²) in [5, 5.41) is 17.3. The van der Waals surface area contributed by atoms with Gasteiger partial charge >= 0.3 is 0 Å². The van der Waals surface area contributed by atoms with Crippen molar-refractivity contribution in [2.75, 3.05) is 0 Å². The van der Waals surface area contributed by atoms with Crippen LogP contribution in [0.4, 0.5) is 0 Å². The van der Waals surface area contributed by atoms with Crippen LogP contribution < -0.4 is 0 Å². The monoisotopic (exact) mass is 476 g/mol. The number of hydrogen-bond donors (Lipinski definition) is 1. The Kier molecular flexibility index (Phi) is 6.14. The molecule has 3 aromatic rings. The second kappa shape index (κ2) is 9.40. The Hall–Kier alpha value is -2.28. The molecule has 0 spiro atoms. The molecule has 4 aliphatic carbocycles. The van der Waals surface area contributed by atoms with E-state index in [2.05, 4.69) is 68.8 Å². The molecule has 4 bridgehead atoms. The van der Waals surface area contributed by atoms with Crippen LogP contribution in [0, 0.1) is 29.6 Å². The van der Waals surface area contributed by atoms with Gasteiger partial charge in [-0.1, -0.05) is 19.4 Å². The molecule has 6 nitrogen and oxygen atoms in total. The van der Waals surface area contributed by atoms with Crippen LogP contribution in [0.3, 0.4) is 0 Å². The summed E-state index contributed by atoms with van der Waals surface area (Å²) < 4.78 is 2.59. The van der Waals surface area contributed by atoms with Gasteiger partial charge in [-0.25, -0.2) is 4.98 Å². The van der Waals surface area contributed by atoms with Crippen molar-refractivity contribution in [3.63, 3.8) is 0 Å². The molecule has 7 heteroatoms. The number of aromatic nitrogens is 6. The number of allylic oxidation sites excluding steroid dienone is 1. The van der Waals surface area contributed by atoms with Gasteiger partial charge in [0.25, 0.3) is 0 Å². The normalized spacial score (nSPS) is 29.1. The molecule has 34 heavy (non-hydrogen) atoms. The third kappa shape index (κ3) is 4.16. The largest absolute Gasteiger partial charge is 0.325 e. The third-order valence-electron chi connectivity index (χ3n) is 8.82. The van der Waals surface area contributed by atoms with Crippen molar-refractivity contribution in [2.24, 2.45) is 29.6 Å². The lowest BCUT2D eigenvalue weighted by Gasteiger charge is -2.56. The average molecular weight is 477 g/mol. The Balaban J connectivity index is 1.37. The van der Waals surface area contributed by atoms with Gasteiger partial charge in [0.2, 0.25) is 5.82 Å². The Labute approximate surface area is 206 Å². The predicted molar refractivity (Wildman–Crippen MR) is 136 cm³/mol. The van der Waals surface area contributed by atoms with Crippen LogP contribution in [-0.2, 0) is 12.8 Å². The molecule has 1 unspecified atom stereocenters. The number of hydrogen-bond acceptors (Lipinski definition) is 5. The molecule has 1 atom stereocenters. The maximum Gasteiger partial charge on any atom is 0.201 e. The van der Waals surface area contributed by atoms with E-state index >= 15 is 0 Å². The summed E-state index contributed by atoms with van der Waals surface area (Å²) in [6.45, 7) is 4.75. The number of nitrogens with zero attached hydrogens (tertiary/aromatic N) is 5. The Morgan fingerprint density at radius 3 is 2.65 bits per heavy atom. The van der Waals surface area contributed by atoms with Crippen molar-refractivity contribution in [1.29, 1.82) is 0 Å². The first-order chi connectivity index (χ1) is 16.7. The number of aryl methyl sites for hydroxylation is 1. The zero-order valence-electron chi connectivity index (χ0n) is 20.4. The van der Waals surface area contributed by atoms with E-state index in [1.807, 2.05) is 0 Å². The summed E-state index contributed by atoms with van der Waals surface area (Å²) in [6, 6.07) is 4.76. The topological polar surface area (TPSA) is 72.3 Å². The lowest BCUT2D eigenvalue weighted by molar-refractivity contribution is -0.0558. The van der Waals surface area contributed by atoms with E-state index in [0.29, 0.717) is 11.9 Å². The van der Waals surface area contributed by atoms with E-state index in [4.69, 9.17) is 4.98 Å². The van der Waals surface area contributed by atoms with E-state index in [-0.39, 0.29) is 0 Å². The van der Waals surface area contributed by atoms with Crippen LogP contribution in [0.2, 0.25) is 0 Å². The van der Waals surface area contributed by atoms with Gasteiger partial charge in [0.15, 0.2) is 0 Å². The lowest BCUT2D eigenvalue weighted by Crippen LogP contribution is -2.47. The molecule has 0 aliphatic heterocycles. The van der Waals surface area contributed by atoms with Crippen molar-refractivity contribution >= 4 is 23.0 Å². The molecule has 0 aromatic carbocycles. The van der Waals surface area contributed by atoms with Gasteiger partial charge in [-0.2, -0.15) is 5.21 Å². The quantitative estimate of drug-likeness (QED) is 0.398. The molecule has 0 saturated heterocycles. The SMILES string of the molecule is CCCCc1ncc(/C=C(\Cc2cccs2)c2nn[nH]n2)n1C(C)C1C2CC3CC(C2)CC1C3. The number of thiophene rings is 1. The van der Waals surface area contributed by atoms with E-state index < -0.39 is 0 Å². The van der Waals surface area contributed by atoms with Gasteiger partial charge < -0.3 is 4.57 Å². The van der Waals surface area contributed by atoms with Crippen LogP contribution in [0.25, 0.3) is 11.6 Å². The second-order valence-corrected chi connectivity index (χ2v) is 12.0. The van der Waals surface area contributed by atoms with Crippen molar-refractivity contribution in [2.45, 2.75) is 77.7 Å². The van der Waals surface area contributed by atoms with Crippen molar-refractivity contribution in [3.8, 4) is 0 Å². The summed E-state index contributed by atoms with van der Waals surface area (Å²) in [5.41, 5.74) is 2.29. The predicted octanol–water partition coefficient (Wildman–Crippen LogP) is 6.22. The van der Waals surface area contributed by atoms with Crippen LogP contribution in [0.5, 0.6) is 0 Å². The fourth-order valence-electron chi connectivity index (χ4n) is 7.71. The highest BCUT2D eigenvalue weighted by molar-refractivity contribution is 7.10. The van der Waals surface area contributed by atoms with Gasteiger partial charge in [0.05, 0.1) is 11.9 Å². The molecule has 3 heterocycles. The fourth-order valence-corrected chi connectivity index (χ4v) is 8.44. The lowest BCUT2D eigenvalue weighted by atomic mass is 9.50. The van der Waals surface area contributed by atoms with Crippen LogP contribution >= 0.6 is 11.3 Å². The number of aromatic amines is 1. The Bertz CT molecular complexity index is 1080. The van der Waals surface area contributed by atoms with E-state index in [0.717, 1.165) is 48.0 Å². The highest BCUT2D eigenvalue weighted by Crippen LogP contribution is 2.59. The smallest absolute Gasteiger partial charge is 0.201 e. The molecular weight excluding hydrogens is 440 g/mol.